The van der Waals surface area contributed by atoms with Gasteiger partial charge < -0.3 is 25.4 Å². The Hall–Kier alpha value is -2.77. The maximum Gasteiger partial charge on any atom is 0.193 e. The fourth-order valence-electron chi connectivity index (χ4n) is 3.76. The standard InChI is InChI=1S/C24H35N5O2/c1-30-22-11-10-21(18-23(22)31-2)27-24(25)26-12-6-7-13-28-14-16-29(17-15-28)19-20-8-4-3-5-9-20/h3-5,8-11,18H,6-7,12-17,19H2,1-2H3,(H3,25,26,27). The molecule has 0 aliphatic carbocycles. The van der Waals surface area contributed by atoms with Gasteiger partial charge in [0.25, 0.3) is 0 Å². The SMILES string of the molecule is COc1ccc(NC(N)=NCCCCN2CCN(Cc3ccccc3)CC2)cc1OC. The monoisotopic (exact) mass is 425 g/mol. The molecule has 7 heteroatoms. The maximum atomic E-state index is 6.02. The molecule has 1 fully saturated rings. The molecule has 0 spiro atoms. The molecule has 3 N–H and O–H groups in total. The van der Waals surface area contributed by atoms with Crippen molar-refractivity contribution in [2.75, 3.05) is 58.8 Å². The maximum absolute atomic E-state index is 6.02. The zero-order valence-electron chi connectivity index (χ0n) is 18.7. The van der Waals surface area contributed by atoms with E-state index in [9.17, 15) is 0 Å². The molecule has 168 valence electrons. The lowest BCUT2D eigenvalue weighted by Gasteiger charge is -2.34. The van der Waals surface area contributed by atoms with Gasteiger partial charge in [-0.1, -0.05) is 30.3 Å². The number of nitrogens with zero attached hydrogens (tertiary/aromatic N) is 3. The van der Waals surface area contributed by atoms with E-state index in [0.717, 1.165) is 64.3 Å². The van der Waals surface area contributed by atoms with Gasteiger partial charge in [0.2, 0.25) is 0 Å². The van der Waals surface area contributed by atoms with Crippen molar-refractivity contribution in [1.29, 1.82) is 0 Å². The Morgan fingerprint density at radius 1 is 0.935 bits per heavy atom. The summed E-state index contributed by atoms with van der Waals surface area (Å²) in [7, 11) is 3.23. The van der Waals surface area contributed by atoms with E-state index in [0.29, 0.717) is 17.5 Å². The van der Waals surface area contributed by atoms with Gasteiger partial charge in [0.05, 0.1) is 14.2 Å². The lowest BCUT2D eigenvalue weighted by molar-refractivity contribution is 0.126. The third-order valence-corrected chi connectivity index (χ3v) is 5.53. The summed E-state index contributed by atoms with van der Waals surface area (Å²) < 4.78 is 10.6. The first-order valence-corrected chi connectivity index (χ1v) is 11.0. The number of piperazine rings is 1. The summed E-state index contributed by atoms with van der Waals surface area (Å²) in [6, 6.07) is 16.3. The van der Waals surface area contributed by atoms with Gasteiger partial charge in [-0.2, -0.15) is 0 Å². The largest absolute Gasteiger partial charge is 0.493 e. The molecule has 2 aromatic carbocycles. The van der Waals surface area contributed by atoms with E-state index in [-0.39, 0.29) is 0 Å². The van der Waals surface area contributed by atoms with Gasteiger partial charge in [-0.3, -0.25) is 9.89 Å². The summed E-state index contributed by atoms with van der Waals surface area (Å²) in [6.07, 6.45) is 2.16. The smallest absolute Gasteiger partial charge is 0.193 e. The third kappa shape index (κ3) is 7.45. The second kappa shape index (κ2) is 12.2. The fourth-order valence-corrected chi connectivity index (χ4v) is 3.76. The van der Waals surface area contributed by atoms with Crippen molar-refractivity contribution in [1.82, 2.24) is 9.80 Å². The molecule has 3 rings (SSSR count). The molecule has 1 heterocycles. The molecule has 1 aliphatic rings. The van der Waals surface area contributed by atoms with Crippen LogP contribution in [0.25, 0.3) is 0 Å². The molecule has 0 amide bonds. The number of aliphatic imine (C=N–C) groups is 1. The van der Waals surface area contributed by atoms with Crippen LogP contribution in [0.2, 0.25) is 0 Å². The summed E-state index contributed by atoms with van der Waals surface area (Å²) >= 11 is 0. The van der Waals surface area contributed by atoms with Gasteiger partial charge in [-0.15, -0.1) is 0 Å². The van der Waals surface area contributed by atoms with Crippen LogP contribution in [0.4, 0.5) is 5.69 Å². The van der Waals surface area contributed by atoms with Crippen molar-refractivity contribution in [2.45, 2.75) is 19.4 Å². The predicted molar refractivity (Wildman–Crippen MR) is 127 cm³/mol. The third-order valence-electron chi connectivity index (χ3n) is 5.53. The molecule has 2 aromatic rings. The fraction of sp³-hybridized carbons (Fsp3) is 0.458. The number of guanidine groups is 1. The minimum absolute atomic E-state index is 0.418. The summed E-state index contributed by atoms with van der Waals surface area (Å²) in [5.41, 5.74) is 8.24. The average molecular weight is 426 g/mol. The van der Waals surface area contributed by atoms with Gasteiger partial charge in [0, 0.05) is 51.0 Å². The van der Waals surface area contributed by atoms with Gasteiger partial charge in [-0.05, 0) is 37.1 Å². The second-order valence-electron chi connectivity index (χ2n) is 7.77. The molecule has 0 bridgehead atoms. The van der Waals surface area contributed by atoms with Crippen LogP contribution < -0.4 is 20.5 Å². The number of nitrogens with two attached hydrogens (primary N) is 1. The summed E-state index contributed by atoms with van der Waals surface area (Å²) in [5, 5.41) is 3.11. The average Bonchev–Trinajstić information content (AvgIpc) is 2.80. The van der Waals surface area contributed by atoms with Crippen molar-refractivity contribution >= 4 is 11.6 Å². The van der Waals surface area contributed by atoms with E-state index in [2.05, 4.69) is 50.4 Å². The molecule has 1 aliphatic heterocycles. The number of nitrogens with one attached hydrogen (secondary N) is 1. The van der Waals surface area contributed by atoms with Gasteiger partial charge >= 0.3 is 0 Å². The number of anilines is 1. The first-order valence-electron chi connectivity index (χ1n) is 11.0. The number of rotatable bonds is 10. The molecule has 0 radical (unpaired) electrons. The van der Waals surface area contributed by atoms with Crippen LogP contribution in [-0.4, -0.2) is 69.2 Å². The molecule has 31 heavy (non-hydrogen) atoms. The van der Waals surface area contributed by atoms with Crippen molar-refractivity contribution < 1.29 is 9.47 Å². The van der Waals surface area contributed by atoms with Crippen LogP contribution in [-0.2, 0) is 6.54 Å². The highest BCUT2D eigenvalue weighted by molar-refractivity contribution is 5.92. The summed E-state index contributed by atoms with van der Waals surface area (Å²) in [6.45, 7) is 7.44. The molecule has 0 atom stereocenters. The Labute approximate surface area is 185 Å². The Bertz CT molecular complexity index is 820. The zero-order valence-corrected chi connectivity index (χ0v) is 18.7. The molecule has 7 nitrogen and oxygen atoms in total. The number of methoxy groups -OCH3 is 2. The quantitative estimate of drug-likeness (QED) is 0.346. The zero-order chi connectivity index (χ0) is 21.9. The van der Waals surface area contributed by atoms with Crippen LogP contribution in [0.15, 0.2) is 53.5 Å². The number of benzene rings is 2. The Kier molecular flexibility index (Phi) is 8.99. The van der Waals surface area contributed by atoms with Crippen LogP contribution in [0, 0.1) is 0 Å². The van der Waals surface area contributed by atoms with Crippen LogP contribution >= 0.6 is 0 Å². The van der Waals surface area contributed by atoms with E-state index in [1.807, 2.05) is 18.2 Å². The Morgan fingerprint density at radius 3 is 2.35 bits per heavy atom. The van der Waals surface area contributed by atoms with E-state index in [1.165, 1.54) is 5.56 Å². The van der Waals surface area contributed by atoms with Gasteiger partial charge in [-0.25, -0.2) is 0 Å². The Morgan fingerprint density at radius 2 is 1.65 bits per heavy atom. The first-order chi connectivity index (χ1) is 15.2. The number of hydrogen-bond donors (Lipinski definition) is 2. The molecule has 0 saturated carbocycles. The number of hydrogen-bond acceptors (Lipinski definition) is 5. The van der Waals surface area contributed by atoms with Crippen LogP contribution in [0.1, 0.15) is 18.4 Å². The topological polar surface area (TPSA) is 75.4 Å². The normalized spacial score (nSPS) is 15.6. The first kappa shape index (κ1) is 22.9. The van der Waals surface area contributed by atoms with Crippen molar-refractivity contribution in [3.8, 4) is 11.5 Å². The minimum atomic E-state index is 0.418. The van der Waals surface area contributed by atoms with Crippen molar-refractivity contribution in [3.05, 3.63) is 54.1 Å². The number of unbranched alkanes of at least 4 members (excludes halogenated alkanes) is 1. The highest BCUT2D eigenvalue weighted by Crippen LogP contribution is 2.29. The number of ether oxygens (including phenoxy) is 2. The minimum Gasteiger partial charge on any atom is -0.493 e. The lowest BCUT2D eigenvalue weighted by Crippen LogP contribution is -2.46. The highest BCUT2D eigenvalue weighted by atomic mass is 16.5. The highest BCUT2D eigenvalue weighted by Gasteiger charge is 2.16. The van der Waals surface area contributed by atoms with Gasteiger partial charge in [0.1, 0.15) is 0 Å². The summed E-state index contributed by atoms with van der Waals surface area (Å²) in [5.74, 6) is 1.76. The second-order valence-corrected chi connectivity index (χ2v) is 7.77. The van der Waals surface area contributed by atoms with Crippen LogP contribution in [0.3, 0.4) is 0 Å². The molecule has 0 aromatic heterocycles. The van der Waals surface area contributed by atoms with E-state index in [1.54, 1.807) is 14.2 Å². The summed E-state index contributed by atoms with van der Waals surface area (Å²) in [4.78, 5) is 9.53. The molecule has 0 unspecified atom stereocenters. The van der Waals surface area contributed by atoms with Crippen molar-refractivity contribution in [2.24, 2.45) is 10.7 Å². The molecular formula is C24H35N5O2. The Balaban J connectivity index is 1.31. The van der Waals surface area contributed by atoms with E-state index >= 15 is 0 Å². The molecule has 1 saturated heterocycles. The van der Waals surface area contributed by atoms with Gasteiger partial charge in [0.15, 0.2) is 17.5 Å². The van der Waals surface area contributed by atoms with Crippen LogP contribution in [0.5, 0.6) is 11.5 Å². The predicted octanol–water partition coefficient (Wildman–Crippen LogP) is 3.03. The van der Waals surface area contributed by atoms with E-state index < -0.39 is 0 Å². The van der Waals surface area contributed by atoms with E-state index in [4.69, 9.17) is 15.2 Å². The lowest BCUT2D eigenvalue weighted by atomic mass is 10.2. The molecular weight excluding hydrogens is 390 g/mol. The van der Waals surface area contributed by atoms with Crippen molar-refractivity contribution in [3.63, 3.8) is 0 Å².